The molecule has 0 radical (unpaired) electrons. The smallest absolute Gasteiger partial charge is 0.303 e. The Bertz CT molecular complexity index is 814. The highest BCUT2D eigenvalue weighted by Crippen LogP contribution is 2.16. The number of aliphatic carboxylic acids is 1. The highest BCUT2D eigenvalue weighted by molar-refractivity contribution is 6.05. The van der Waals surface area contributed by atoms with Crippen LogP contribution in [0, 0.1) is 0 Å². The summed E-state index contributed by atoms with van der Waals surface area (Å²) in [5.41, 5.74) is 1.95. The van der Waals surface area contributed by atoms with E-state index in [1.54, 1.807) is 48.5 Å². The first kappa shape index (κ1) is 21.0. The Balaban J connectivity index is 1.95. The molecule has 0 aliphatic carbocycles. The Kier molecular flexibility index (Phi) is 8.02. The van der Waals surface area contributed by atoms with E-state index in [4.69, 9.17) is 15.1 Å². The lowest BCUT2D eigenvalue weighted by atomic mass is 10.1. The number of hydrogen-bond acceptors (Lipinski definition) is 5. The minimum Gasteiger partial charge on any atom is -0.494 e. The summed E-state index contributed by atoms with van der Waals surface area (Å²) in [4.78, 5) is 23.0. The zero-order valence-electron chi connectivity index (χ0n) is 15.7. The van der Waals surface area contributed by atoms with Crippen LogP contribution in [0.4, 0.5) is 5.69 Å². The van der Waals surface area contributed by atoms with Gasteiger partial charge in [-0.25, -0.2) is 0 Å². The minimum atomic E-state index is -0.966. The number of hydrogen-bond donors (Lipinski definition) is 3. The number of carboxylic acids is 1. The SMILES string of the molecule is CCCCOc1ccc(C(=O)Nc2ccc(/C(CCC(=O)O)=N\O)cc2)cc1. The summed E-state index contributed by atoms with van der Waals surface area (Å²) < 4.78 is 5.58. The summed E-state index contributed by atoms with van der Waals surface area (Å²) in [6.07, 6.45) is 2.03. The topological polar surface area (TPSA) is 108 Å². The number of rotatable bonds is 10. The predicted molar refractivity (Wildman–Crippen MR) is 106 cm³/mol. The van der Waals surface area contributed by atoms with Crippen LogP contribution in [0.5, 0.6) is 5.75 Å². The van der Waals surface area contributed by atoms with Gasteiger partial charge in [0.25, 0.3) is 5.91 Å². The number of nitrogens with one attached hydrogen (secondary N) is 1. The molecule has 1 amide bonds. The third kappa shape index (κ3) is 6.42. The zero-order valence-corrected chi connectivity index (χ0v) is 15.7. The molecule has 2 rings (SSSR count). The highest BCUT2D eigenvalue weighted by Gasteiger charge is 2.10. The summed E-state index contributed by atoms with van der Waals surface area (Å²) >= 11 is 0. The van der Waals surface area contributed by atoms with E-state index in [2.05, 4.69) is 17.4 Å². The number of anilines is 1. The fourth-order valence-electron chi connectivity index (χ4n) is 2.46. The predicted octanol–water partition coefficient (Wildman–Crippen LogP) is 4.16. The molecule has 3 N–H and O–H groups in total. The number of carbonyl (C=O) groups excluding carboxylic acids is 1. The summed E-state index contributed by atoms with van der Waals surface area (Å²) in [5, 5.41) is 23.7. The molecule has 0 spiro atoms. The van der Waals surface area contributed by atoms with E-state index < -0.39 is 5.97 Å². The van der Waals surface area contributed by atoms with Crippen molar-refractivity contribution in [1.82, 2.24) is 0 Å². The van der Waals surface area contributed by atoms with Crippen LogP contribution in [-0.4, -0.2) is 34.5 Å². The van der Waals surface area contributed by atoms with Crippen molar-refractivity contribution in [2.24, 2.45) is 5.16 Å². The van der Waals surface area contributed by atoms with E-state index >= 15 is 0 Å². The molecule has 0 heterocycles. The third-order valence-corrected chi connectivity index (χ3v) is 4.06. The Morgan fingerprint density at radius 1 is 1.00 bits per heavy atom. The second kappa shape index (κ2) is 10.7. The van der Waals surface area contributed by atoms with Gasteiger partial charge in [-0.1, -0.05) is 30.6 Å². The van der Waals surface area contributed by atoms with E-state index in [0.29, 0.717) is 23.4 Å². The van der Waals surface area contributed by atoms with Crippen LogP contribution in [0.2, 0.25) is 0 Å². The lowest BCUT2D eigenvalue weighted by Gasteiger charge is -2.09. The average molecular weight is 384 g/mol. The first-order valence-corrected chi connectivity index (χ1v) is 9.11. The van der Waals surface area contributed by atoms with Crippen LogP contribution in [0.15, 0.2) is 53.7 Å². The standard InChI is InChI=1S/C21H24N2O5/c1-2-3-14-28-18-10-6-16(7-11-18)21(26)22-17-8-4-15(5-9-17)19(23-27)12-13-20(24)25/h4-11,27H,2-3,12-14H2,1H3,(H,22,26)(H,24,25)/b23-19-. The largest absolute Gasteiger partial charge is 0.494 e. The first-order chi connectivity index (χ1) is 13.5. The molecule has 0 bridgehead atoms. The molecule has 0 saturated heterocycles. The Labute approximate surface area is 163 Å². The third-order valence-electron chi connectivity index (χ3n) is 4.06. The Hall–Kier alpha value is -3.35. The molecule has 28 heavy (non-hydrogen) atoms. The number of benzene rings is 2. The van der Waals surface area contributed by atoms with Gasteiger partial charge in [-0.3, -0.25) is 9.59 Å². The molecule has 0 atom stereocenters. The molecule has 2 aromatic rings. The minimum absolute atomic E-state index is 0.115. The van der Waals surface area contributed by atoms with E-state index in [0.717, 1.165) is 18.6 Å². The van der Waals surface area contributed by atoms with Crippen molar-refractivity contribution >= 4 is 23.3 Å². The van der Waals surface area contributed by atoms with Crippen LogP contribution in [-0.2, 0) is 4.79 Å². The molecule has 148 valence electrons. The van der Waals surface area contributed by atoms with Crippen molar-refractivity contribution < 1.29 is 24.6 Å². The van der Waals surface area contributed by atoms with E-state index in [9.17, 15) is 9.59 Å². The summed E-state index contributed by atoms with van der Waals surface area (Å²) in [7, 11) is 0. The molecule has 0 saturated carbocycles. The number of unbranched alkanes of at least 4 members (excludes halogenated alkanes) is 1. The number of oxime groups is 1. The van der Waals surface area contributed by atoms with E-state index in [1.807, 2.05) is 0 Å². The molecule has 0 fully saturated rings. The zero-order chi connectivity index (χ0) is 20.4. The van der Waals surface area contributed by atoms with Crippen molar-refractivity contribution in [2.75, 3.05) is 11.9 Å². The van der Waals surface area contributed by atoms with Gasteiger partial charge in [0, 0.05) is 17.7 Å². The fraction of sp³-hybridized carbons (Fsp3) is 0.286. The monoisotopic (exact) mass is 384 g/mol. The Morgan fingerprint density at radius 2 is 1.64 bits per heavy atom. The maximum absolute atomic E-state index is 12.4. The quantitative estimate of drug-likeness (QED) is 0.247. The van der Waals surface area contributed by atoms with Crippen LogP contribution in [0.3, 0.4) is 0 Å². The number of amides is 1. The van der Waals surface area contributed by atoms with Crippen LogP contribution in [0.25, 0.3) is 0 Å². The van der Waals surface area contributed by atoms with Crippen molar-refractivity contribution in [2.45, 2.75) is 32.6 Å². The van der Waals surface area contributed by atoms with Crippen molar-refractivity contribution in [3.63, 3.8) is 0 Å². The van der Waals surface area contributed by atoms with Crippen molar-refractivity contribution in [3.8, 4) is 5.75 Å². The molecule has 2 aromatic carbocycles. The van der Waals surface area contributed by atoms with Crippen molar-refractivity contribution in [3.05, 3.63) is 59.7 Å². The summed E-state index contributed by atoms with van der Waals surface area (Å²) in [5.74, 6) is -0.492. The average Bonchev–Trinajstić information content (AvgIpc) is 2.70. The van der Waals surface area contributed by atoms with Gasteiger partial charge in [-0.2, -0.15) is 0 Å². The first-order valence-electron chi connectivity index (χ1n) is 9.11. The van der Waals surface area contributed by atoms with E-state index in [1.165, 1.54) is 0 Å². The van der Waals surface area contributed by atoms with Gasteiger partial charge < -0.3 is 20.4 Å². The number of carbonyl (C=O) groups is 2. The molecular formula is C21H24N2O5. The molecule has 0 aliphatic heterocycles. The highest BCUT2D eigenvalue weighted by atomic mass is 16.5. The maximum Gasteiger partial charge on any atom is 0.303 e. The van der Waals surface area contributed by atoms with Gasteiger partial charge in [-0.05, 0) is 48.4 Å². The van der Waals surface area contributed by atoms with Crippen LogP contribution < -0.4 is 10.1 Å². The van der Waals surface area contributed by atoms with Gasteiger partial charge >= 0.3 is 5.97 Å². The number of nitrogens with zero attached hydrogens (tertiary/aromatic N) is 1. The second-order valence-electron chi connectivity index (χ2n) is 6.20. The normalized spacial score (nSPS) is 11.1. The molecule has 7 nitrogen and oxygen atoms in total. The molecule has 7 heteroatoms. The molecule has 0 unspecified atom stereocenters. The number of ether oxygens (including phenoxy) is 1. The fourth-order valence-corrected chi connectivity index (χ4v) is 2.46. The number of carboxylic acid groups (broad SMARTS) is 1. The van der Waals surface area contributed by atoms with E-state index in [-0.39, 0.29) is 24.5 Å². The van der Waals surface area contributed by atoms with Crippen molar-refractivity contribution in [1.29, 1.82) is 0 Å². The lowest BCUT2D eigenvalue weighted by Crippen LogP contribution is -2.12. The van der Waals surface area contributed by atoms with Crippen LogP contribution >= 0.6 is 0 Å². The lowest BCUT2D eigenvalue weighted by molar-refractivity contribution is -0.136. The van der Waals surface area contributed by atoms with Crippen LogP contribution in [0.1, 0.15) is 48.5 Å². The Morgan fingerprint density at radius 3 is 2.21 bits per heavy atom. The van der Waals surface area contributed by atoms with Gasteiger partial charge in [0.1, 0.15) is 5.75 Å². The summed E-state index contributed by atoms with van der Waals surface area (Å²) in [6.45, 7) is 2.75. The molecule has 0 aromatic heterocycles. The summed E-state index contributed by atoms with van der Waals surface area (Å²) in [6, 6.07) is 13.6. The van der Waals surface area contributed by atoms with Gasteiger partial charge in [0.05, 0.1) is 18.7 Å². The molecule has 0 aliphatic rings. The second-order valence-corrected chi connectivity index (χ2v) is 6.20. The van der Waals surface area contributed by atoms with Gasteiger partial charge in [0.15, 0.2) is 0 Å². The maximum atomic E-state index is 12.4. The molecular weight excluding hydrogens is 360 g/mol. The van der Waals surface area contributed by atoms with Gasteiger partial charge in [0.2, 0.25) is 0 Å². The van der Waals surface area contributed by atoms with Gasteiger partial charge in [-0.15, -0.1) is 0 Å².